The average Bonchev–Trinajstić information content (AvgIpc) is 3.20. The first-order chi connectivity index (χ1) is 13.4. The normalized spacial score (nSPS) is 19.5. The fourth-order valence-electron chi connectivity index (χ4n) is 4.38. The van der Waals surface area contributed by atoms with E-state index in [0.29, 0.717) is 5.75 Å². The van der Waals surface area contributed by atoms with Gasteiger partial charge in [0, 0.05) is 12.0 Å². The summed E-state index contributed by atoms with van der Waals surface area (Å²) in [5.74, 6) is 0.640. The number of hydrogen-bond donors (Lipinski definition) is 1. The Balaban J connectivity index is 1.57. The lowest BCUT2D eigenvalue weighted by molar-refractivity contribution is 0.485. The highest BCUT2D eigenvalue weighted by atomic mass is 32.2. The Morgan fingerprint density at radius 3 is 2.46 bits per heavy atom. The Kier molecular flexibility index (Phi) is 3.78. The molecule has 1 N–H and O–H groups in total. The van der Waals surface area contributed by atoms with Crippen molar-refractivity contribution in [1.82, 2.24) is 0 Å². The molecule has 2 atom stereocenters. The summed E-state index contributed by atoms with van der Waals surface area (Å²) in [6.45, 7) is 3.80. The number of nitrogens with one attached hydrogen (secondary N) is 1. The summed E-state index contributed by atoms with van der Waals surface area (Å²) >= 11 is 0. The summed E-state index contributed by atoms with van der Waals surface area (Å²) in [5, 5.41) is 3.55. The van der Waals surface area contributed by atoms with E-state index >= 15 is 0 Å². The molecule has 0 saturated heterocycles. The van der Waals surface area contributed by atoms with E-state index in [1.165, 1.54) is 11.1 Å². The summed E-state index contributed by atoms with van der Waals surface area (Å²) in [4.78, 5) is 0.165. The van der Waals surface area contributed by atoms with Crippen LogP contribution in [0, 0.1) is 13.8 Å². The van der Waals surface area contributed by atoms with E-state index in [1.807, 2.05) is 19.9 Å². The Morgan fingerprint density at radius 2 is 1.68 bits per heavy atom. The molecular weight excluding hydrogens is 370 g/mol. The Labute approximate surface area is 165 Å². The minimum Gasteiger partial charge on any atom is -0.378 e. The van der Waals surface area contributed by atoms with E-state index in [9.17, 15) is 8.42 Å². The largest absolute Gasteiger partial charge is 0.378 e. The highest BCUT2D eigenvalue weighted by Gasteiger charge is 2.41. The molecule has 0 amide bonds. The van der Waals surface area contributed by atoms with Crippen LogP contribution >= 0.6 is 0 Å². The van der Waals surface area contributed by atoms with Crippen LogP contribution in [0.15, 0.2) is 65.6 Å². The molecule has 1 heterocycles. The molecule has 0 saturated carbocycles. The third kappa shape index (κ3) is 2.61. The number of rotatable bonds is 3. The van der Waals surface area contributed by atoms with Crippen molar-refractivity contribution >= 4 is 15.8 Å². The first-order valence-electron chi connectivity index (χ1n) is 9.43. The third-order valence-electron chi connectivity index (χ3n) is 5.79. The van der Waals surface area contributed by atoms with Gasteiger partial charge in [0.25, 0.3) is 0 Å². The minimum absolute atomic E-state index is 0.165. The maximum absolute atomic E-state index is 12.9. The number of fused-ring (bicyclic) bond motifs is 5. The topological polar surface area (TPSA) is 55.4 Å². The predicted octanol–water partition coefficient (Wildman–Crippen LogP) is 4.55. The highest BCUT2D eigenvalue weighted by molar-refractivity contribution is 7.87. The quantitative estimate of drug-likeness (QED) is 0.666. The van der Waals surface area contributed by atoms with Crippen molar-refractivity contribution < 1.29 is 12.6 Å². The van der Waals surface area contributed by atoms with Gasteiger partial charge in [0.2, 0.25) is 0 Å². The third-order valence-corrected chi connectivity index (χ3v) is 7.02. The van der Waals surface area contributed by atoms with Gasteiger partial charge in [-0.3, -0.25) is 0 Å². The molecule has 2 unspecified atom stereocenters. The van der Waals surface area contributed by atoms with Crippen LogP contribution < -0.4 is 9.50 Å². The maximum atomic E-state index is 12.9. The van der Waals surface area contributed by atoms with Crippen LogP contribution in [0.2, 0.25) is 0 Å². The van der Waals surface area contributed by atoms with Crippen LogP contribution in [-0.2, 0) is 16.5 Å². The van der Waals surface area contributed by atoms with Crippen LogP contribution in [0.4, 0.5) is 5.69 Å². The molecule has 1 aliphatic carbocycles. The van der Waals surface area contributed by atoms with Crippen LogP contribution in [0.3, 0.4) is 0 Å². The van der Waals surface area contributed by atoms with Crippen LogP contribution in [0.25, 0.3) is 0 Å². The van der Waals surface area contributed by atoms with Crippen molar-refractivity contribution in [2.45, 2.75) is 37.1 Å². The molecule has 142 valence electrons. The Bertz CT molecular complexity index is 1180. The van der Waals surface area contributed by atoms with E-state index in [-0.39, 0.29) is 16.9 Å². The minimum atomic E-state index is -3.90. The predicted molar refractivity (Wildman–Crippen MR) is 110 cm³/mol. The zero-order valence-electron chi connectivity index (χ0n) is 15.8. The second-order valence-corrected chi connectivity index (χ2v) is 9.20. The van der Waals surface area contributed by atoms with Gasteiger partial charge < -0.3 is 9.50 Å². The van der Waals surface area contributed by atoms with Gasteiger partial charge in [0.1, 0.15) is 4.90 Å². The van der Waals surface area contributed by atoms with Gasteiger partial charge in [-0.2, -0.15) is 8.42 Å². The second-order valence-electron chi connectivity index (χ2n) is 7.66. The molecule has 2 aliphatic rings. The van der Waals surface area contributed by atoms with Gasteiger partial charge in [0.05, 0.1) is 5.69 Å². The van der Waals surface area contributed by atoms with Crippen LogP contribution in [0.5, 0.6) is 5.75 Å². The monoisotopic (exact) mass is 391 g/mol. The fourth-order valence-corrected chi connectivity index (χ4v) is 5.38. The molecule has 0 bridgehead atoms. The summed E-state index contributed by atoms with van der Waals surface area (Å²) < 4.78 is 31.4. The Morgan fingerprint density at radius 1 is 0.929 bits per heavy atom. The van der Waals surface area contributed by atoms with Crippen molar-refractivity contribution in [2.75, 3.05) is 5.32 Å². The summed E-state index contributed by atoms with van der Waals surface area (Å²) in [5.41, 5.74) is 6.38. The van der Waals surface area contributed by atoms with Crippen molar-refractivity contribution in [3.63, 3.8) is 0 Å². The van der Waals surface area contributed by atoms with Gasteiger partial charge in [-0.25, -0.2) is 0 Å². The SMILES string of the molecule is Cc1ccc(S(=O)(=O)Oc2c(C)ccc3c2NC2Cc4ccccc4C32)cc1. The van der Waals surface area contributed by atoms with Crippen molar-refractivity contribution in [3.05, 3.63) is 88.5 Å². The second kappa shape index (κ2) is 6.11. The van der Waals surface area contributed by atoms with Crippen LogP contribution in [0.1, 0.15) is 33.7 Å². The van der Waals surface area contributed by atoms with E-state index in [1.54, 1.807) is 24.3 Å². The molecule has 0 radical (unpaired) electrons. The lowest BCUT2D eigenvalue weighted by atomic mass is 9.92. The zero-order chi connectivity index (χ0) is 19.5. The molecule has 3 aromatic carbocycles. The molecule has 5 rings (SSSR count). The van der Waals surface area contributed by atoms with Crippen molar-refractivity contribution in [2.24, 2.45) is 0 Å². The van der Waals surface area contributed by atoms with Gasteiger partial charge in [-0.15, -0.1) is 0 Å². The van der Waals surface area contributed by atoms with Crippen molar-refractivity contribution in [3.8, 4) is 5.75 Å². The van der Waals surface area contributed by atoms with E-state index in [0.717, 1.165) is 28.8 Å². The molecule has 0 spiro atoms. The van der Waals surface area contributed by atoms with Gasteiger partial charge in [0.15, 0.2) is 5.75 Å². The fraction of sp³-hybridized carbons (Fsp3) is 0.217. The molecule has 4 nitrogen and oxygen atoms in total. The standard InChI is InChI=1S/C23H21NO3S/c1-14-7-10-17(11-8-14)28(25,26)27-23-15(2)9-12-19-21-18-6-4-3-5-16(18)13-20(21)24-22(19)23/h3-12,20-21,24H,13H2,1-2H3. The molecule has 0 fully saturated rings. The Hall–Kier alpha value is -2.79. The smallest absolute Gasteiger partial charge is 0.339 e. The summed E-state index contributed by atoms with van der Waals surface area (Å²) in [6, 6.07) is 19.5. The highest BCUT2D eigenvalue weighted by Crippen LogP contribution is 2.51. The first kappa shape index (κ1) is 17.3. The molecule has 1 aliphatic heterocycles. The molecule has 3 aromatic rings. The summed E-state index contributed by atoms with van der Waals surface area (Å²) in [7, 11) is -3.90. The molecule has 5 heteroatoms. The lowest BCUT2D eigenvalue weighted by Gasteiger charge is -2.15. The lowest BCUT2D eigenvalue weighted by Crippen LogP contribution is -2.17. The van der Waals surface area contributed by atoms with Gasteiger partial charge in [-0.1, -0.05) is 54.1 Å². The average molecular weight is 391 g/mol. The number of anilines is 1. The number of benzene rings is 3. The number of hydrogen-bond acceptors (Lipinski definition) is 4. The van der Waals surface area contributed by atoms with Crippen LogP contribution in [-0.4, -0.2) is 14.5 Å². The molecule has 0 aromatic heterocycles. The van der Waals surface area contributed by atoms with E-state index in [4.69, 9.17) is 4.18 Å². The maximum Gasteiger partial charge on any atom is 0.339 e. The van der Waals surface area contributed by atoms with Gasteiger partial charge >= 0.3 is 10.1 Å². The van der Waals surface area contributed by atoms with Gasteiger partial charge in [-0.05, 0) is 54.7 Å². The van der Waals surface area contributed by atoms with E-state index < -0.39 is 10.1 Å². The molecule has 28 heavy (non-hydrogen) atoms. The van der Waals surface area contributed by atoms with E-state index in [2.05, 4.69) is 35.6 Å². The summed E-state index contributed by atoms with van der Waals surface area (Å²) in [6.07, 6.45) is 0.929. The van der Waals surface area contributed by atoms with Crippen molar-refractivity contribution in [1.29, 1.82) is 0 Å². The first-order valence-corrected chi connectivity index (χ1v) is 10.8. The number of aryl methyl sites for hydroxylation is 2. The zero-order valence-corrected chi connectivity index (χ0v) is 16.6. The molecular formula is C23H21NO3S.